The monoisotopic (exact) mass is 155 g/mol. The van der Waals surface area contributed by atoms with Gasteiger partial charge in [0.1, 0.15) is 0 Å². The van der Waals surface area contributed by atoms with Crippen LogP contribution in [0.5, 0.6) is 0 Å². The van der Waals surface area contributed by atoms with Crippen molar-refractivity contribution in [2.45, 2.75) is 0 Å². The van der Waals surface area contributed by atoms with E-state index in [0.29, 0.717) is 0 Å². The Kier molecular flexibility index (Phi) is 1.82. The normalized spacial score (nSPS) is 9.67. The summed E-state index contributed by atoms with van der Waals surface area (Å²) in [6.07, 6.45) is 3.43. The summed E-state index contributed by atoms with van der Waals surface area (Å²) >= 11 is 0. The highest BCUT2D eigenvalue weighted by Gasteiger charge is 1.93. The maximum atomic E-state index is 3.80. The van der Waals surface area contributed by atoms with Crippen molar-refractivity contribution in [3.05, 3.63) is 48.8 Å². The van der Waals surface area contributed by atoms with Gasteiger partial charge in [0, 0.05) is 5.56 Å². The van der Waals surface area contributed by atoms with Crippen LogP contribution in [0.2, 0.25) is 0 Å². The van der Waals surface area contributed by atoms with Crippen molar-refractivity contribution in [3.63, 3.8) is 0 Å². The molecule has 2 aromatic rings. The number of hydrogen-bond acceptors (Lipinski definition) is 2. The summed E-state index contributed by atoms with van der Waals surface area (Å²) in [5.74, 6) is 0. The fraction of sp³-hybridized carbons (Fsp3) is 0. The highest BCUT2D eigenvalue weighted by Crippen LogP contribution is 2.15. The van der Waals surface area contributed by atoms with E-state index in [1.165, 1.54) is 0 Å². The predicted octanol–water partition coefficient (Wildman–Crippen LogP) is 1.94. The van der Waals surface area contributed by atoms with Crippen LogP contribution in [0.25, 0.3) is 11.1 Å². The van der Waals surface area contributed by atoms with Crippen molar-refractivity contribution >= 4 is 0 Å². The minimum absolute atomic E-state index is 1.08. The van der Waals surface area contributed by atoms with E-state index < -0.39 is 0 Å². The Hall–Kier alpha value is -1.70. The SMILES string of the molecule is [c]1ccc(-c2ccnnc2)cc1. The Bertz CT molecular complexity index is 305. The molecule has 0 aliphatic heterocycles. The van der Waals surface area contributed by atoms with Gasteiger partial charge in [-0.3, -0.25) is 0 Å². The van der Waals surface area contributed by atoms with Gasteiger partial charge in [-0.25, -0.2) is 0 Å². The zero-order valence-corrected chi connectivity index (χ0v) is 6.44. The Morgan fingerprint density at radius 1 is 0.917 bits per heavy atom. The lowest BCUT2D eigenvalue weighted by molar-refractivity contribution is 1.03. The van der Waals surface area contributed by atoms with Crippen LogP contribution in [0.3, 0.4) is 0 Å². The summed E-state index contributed by atoms with van der Waals surface area (Å²) in [4.78, 5) is 0. The first-order valence-corrected chi connectivity index (χ1v) is 3.70. The van der Waals surface area contributed by atoms with Crippen LogP contribution < -0.4 is 0 Å². The van der Waals surface area contributed by atoms with E-state index in [0.717, 1.165) is 11.1 Å². The minimum atomic E-state index is 1.08. The summed E-state index contributed by atoms with van der Waals surface area (Å²) in [6.45, 7) is 0. The molecule has 2 heteroatoms. The van der Waals surface area contributed by atoms with Gasteiger partial charge >= 0.3 is 0 Å². The largest absolute Gasteiger partial charge is 0.159 e. The predicted molar refractivity (Wildman–Crippen MR) is 46.3 cm³/mol. The minimum Gasteiger partial charge on any atom is -0.159 e. The van der Waals surface area contributed by atoms with Crippen LogP contribution >= 0.6 is 0 Å². The van der Waals surface area contributed by atoms with Crippen LogP contribution in [0, 0.1) is 6.07 Å². The molecule has 0 N–H and O–H groups in total. The topological polar surface area (TPSA) is 25.8 Å². The zero-order valence-electron chi connectivity index (χ0n) is 6.44. The van der Waals surface area contributed by atoms with Crippen LogP contribution in [0.1, 0.15) is 0 Å². The third-order valence-corrected chi connectivity index (χ3v) is 1.64. The molecule has 2 nitrogen and oxygen atoms in total. The van der Waals surface area contributed by atoms with Crippen molar-refractivity contribution < 1.29 is 0 Å². The maximum Gasteiger partial charge on any atom is 0.0574 e. The first kappa shape index (κ1) is 6.98. The molecule has 12 heavy (non-hydrogen) atoms. The summed E-state index contributed by atoms with van der Waals surface area (Å²) in [5, 5.41) is 7.51. The molecule has 1 aromatic carbocycles. The fourth-order valence-corrected chi connectivity index (χ4v) is 1.04. The number of aromatic nitrogens is 2. The van der Waals surface area contributed by atoms with Crippen molar-refractivity contribution in [2.75, 3.05) is 0 Å². The average Bonchev–Trinajstić information content (AvgIpc) is 2.21. The summed E-state index contributed by atoms with van der Waals surface area (Å²) in [6, 6.07) is 12.7. The van der Waals surface area contributed by atoms with Gasteiger partial charge in [0.2, 0.25) is 0 Å². The third-order valence-electron chi connectivity index (χ3n) is 1.64. The van der Waals surface area contributed by atoms with Crippen LogP contribution in [0.4, 0.5) is 0 Å². The molecule has 0 aliphatic carbocycles. The molecular formula is C10H7N2. The molecule has 0 spiro atoms. The second kappa shape index (κ2) is 3.13. The lowest BCUT2D eigenvalue weighted by Crippen LogP contribution is -1.80. The molecule has 0 aliphatic rings. The highest BCUT2D eigenvalue weighted by molar-refractivity contribution is 5.61. The molecule has 1 heterocycles. The van der Waals surface area contributed by atoms with Crippen molar-refractivity contribution in [1.29, 1.82) is 0 Å². The molecule has 1 radical (unpaired) electrons. The van der Waals surface area contributed by atoms with E-state index in [2.05, 4.69) is 16.3 Å². The van der Waals surface area contributed by atoms with E-state index in [1.807, 2.05) is 30.3 Å². The average molecular weight is 155 g/mol. The Balaban J connectivity index is 2.46. The summed E-state index contributed by atoms with van der Waals surface area (Å²) in [5.41, 5.74) is 2.22. The van der Waals surface area contributed by atoms with Gasteiger partial charge in [-0.2, -0.15) is 10.2 Å². The number of hydrogen-bond donors (Lipinski definition) is 0. The van der Waals surface area contributed by atoms with Gasteiger partial charge in [0.25, 0.3) is 0 Å². The van der Waals surface area contributed by atoms with E-state index in [-0.39, 0.29) is 0 Å². The summed E-state index contributed by atoms with van der Waals surface area (Å²) in [7, 11) is 0. The Morgan fingerprint density at radius 2 is 1.75 bits per heavy atom. The molecular weight excluding hydrogens is 148 g/mol. The molecule has 1 aromatic heterocycles. The third kappa shape index (κ3) is 1.32. The highest BCUT2D eigenvalue weighted by atomic mass is 15.1. The van der Waals surface area contributed by atoms with E-state index in [9.17, 15) is 0 Å². The van der Waals surface area contributed by atoms with E-state index >= 15 is 0 Å². The number of rotatable bonds is 1. The standard InChI is InChI=1S/C10H7N2/c1-2-4-9(5-3-1)10-6-7-11-12-8-10/h2-8H. The smallest absolute Gasteiger partial charge is 0.0574 e. The van der Waals surface area contributed by atoms with Crippen LogP contribution in [-0.4, -0.2) is 10.2 Å². The zero-order chi connectivity index (χ0) is 8.23. The quantitative estimate of drug-likeness (QED) is 0.629. The molecule has 0 unspecified atom stereocenters. The van der Waals surface area contributed by atoms with Gasteiger partial charge in [-0.15, -0.1) is 0 Å². The number of nitrogens with zero attached hydrogens (tertiary/aromatic N) is 2. The maximum absolute atomic E-state index is 3.80. The van der Waals surface area contributed by atoms with Gasteiger partial charge in [-0.1, -0.05) is 24.3 Å². The van der Waals surface area contributed by atoms with E-state index in [1.54, 1.807) is 12.4 Å². The second-order valence-electron chi connectivity index (χ2n) is 2.42. The van der Waals surface area contributed by atoms with Gasteiger partial charge in [-0.05, 0) is 17.7 Å². The first-order chi connectivity index (χ1) is 5.97. The van der Waals surface area contributed by atoms with E-state index in [4.69, 9.17) is 0 Å². The first-order valence-electron chi connectivity index (χ1n) is 3.70. The molecule has 0 bridgehead atoms. The molecule has 0 saturated heterocycles. The van der Waals surface area contributed by atoms with Crippen molar-refractivity contribution in [3.8, 4) is 11.1 Å². The van der Waals surface area contributed by atoms with Crippen LogP contribution in [0.15, 0.2) is 42.7 Å². The molecule has 0 saturated carbocycles. The van der Waals surface area contributed by atoms with Gasteiger partial charge < -0.3 is 0 Å². The van der Waals surface area contributed by atoms with Crippen molar-refractivity contribution in [2.24, 2.45) is 0 Å². The lowest BCUT2D eigenvalue weighted by atomic mass is 10.1. The molecule has 2 rings (SSSR count). The summed E-state index contributed by atoms with van der Waals surface area (Å²) < 4.78 is 0. The molecule has 0 amide bonds. The Morgan fingerprint density at radius 3 is 2.42 bits per heavy atom. The van der Waals surface area contributed by atoms with Gasteiger partial charge in [0.15, 0.2) is 0 Å². The van der Waals surface area contributed by atoms with Crippen LogP contribution in [-0.2, 0) is 0 Å². The lowest BCUT2D eigenvalue weighted by Gasteiger charge is -1.97. The van der Waals surface area contributed by atoms with Crippen molar-refractivity contribution in [1.82, 2.24) is 10.2 Å². The Labute approximate surface area is 70.9 Å². The van der Waals surface area contributed by atoms with Gasteiger partial charge in [0.05, 0.1) is 12.4 Å². The fourth-order valence-electron chi connectivity index (χ4n) is 1.04. The number of benzene rings is 1. The second-order valence-corrected chi connectivity index (χ2v) is 2.42. The molecule has 0 fully saturated rings. The molecule has 57 valence electrons. The molecule has 0 atom stereocenters.